The highest BCUT2D eigenvalue weighted by Gasteiger charge is 2.44. The summed E-state index contributed by atoms with van der Waals surface area (Å²) in [6.07, 6.45) is 2.67. The van der Waals surface area contributed by atoms with Crippen molar-refractivity contribution >= 4 is 11.9 Å². The average Bonchev–Trinajstić information content (AvgIpc) is 2.21. The Hall–Kier alpha value is -1.10. The van der Waals surface area contributed by atoms with Crippen LogP contribution in [0.2, 0.25) is 0 Å². The Balaban J connectivity index is 2.56. The standard InChI is InChI=1S/C12H21NO4/c1-8(10(14)15)9(2)13-11(16)12(7-17-3)5-4-6-12/h8-9H,4-7H2,1-3H3,(H,13,16)(H,14,15). The van der Waals surface area contributed by atoms with E-state index in [-0.39, 0.29) is 11.9 Å². The number of nitrogens with one attached hydrogen (secondary N) is 1. The van der Waals surface area contributed by atoms with Gasteiger partial charge in [-0.25, -0.2) is 0 Å². The van der Waals surface area contributed by atoms with Crippen LogP contribution in [0, 0.1) is 11.3 Å². The summed E-state index contributed by atoms with van der Waals surface area (Å²) < 4.78 is 5.08. The normalized spacial score (nSPS) is 21.1. The van der Waals surface area contributed by atoms with E-state index in [1.807, 2.05) is 0 Å². The highest BCUT2D eigenvalue weighted by atomic mass is 16.5. The number of amides is 1. The van der Waals surface area contributed by atoms with Crippen LogP contribution in [0.25, 0.3) is 0 Å². The number of hydrogen-bond donors (Lipinski definition) is 2. The minimum absolute atomic E-state index is 0.0776. The van der Waals surface area contributed by atoms with Crippen molar-refractivity contribution in [2.24, 2.45) is 11.3 Å². The second-order valence-corrected chi connectivity index (χ2v) is 4.96. The highest BCUT2D eigenvalue weighted by Crippen LogP contribution is 2.41. The third kappa shape index (κ3) is 2.97. The zero-order chi connectivity index (χ0) is 13.1. The monoisotopic (exact) mass is 243 g/mol. The third-order valence-corrected chi connectivity index (χ3v) is 3.71. The molecule has 2 unspecified atom stereocenters. The first kappa shape index (κ1) is 14.0. The number of hydrogen-bond acceptors (Lipinski definition) is 3. The van der Waals surface area contributed by atoms with E-state index in [0.717, 1.165) is 19.3 Å². The Kier molecular flexibility index (Phi) is 4.51. The summed E-state index contributed by atoms with van der Waals surface area (Å²) in [5.41, 5.74) is -0.429. The largest absolute Gasteiger partial charge is 0.481 e. The number of carbonyl (C=O) groups is 2. The number of carbonyl (C=O) groups excluding carboxylic acids is 1. The van der Waals surface area contributed by atoms with Crippen molar-refractivity contribution in [2.45, 2.75) is 39.2 Å². The molecule has 5 nitrogen and oxygen atoms in total. The molecule has 1 aliphatic rings. The van der Waals surface area contributed by atoms with E-state index in [9.17, 15) is 9.59 Å². The highest BCUT2D eigenvalue weighted by molar-refractivity contribution is 5.84. The van der Waals surface area contributed by atoms with Crippen LogP contribution in [0.1, 0.15) is 33.1 Å². The van der Waals surface area contributed by atoms with Crippen LogP contribution in [0.3, 0.4) is 0 Å². The number of ether oxygens (including phenoxy) is 1. The molecule has 1 saturated carbocycles. The topological polar surface area (TPSA) is 75.6 Å². The maximum Gasteiger partial charge on any atom is 0.308 e. The van der Waals surface area contributed by atoms with Gasteiger partial charge in [-0.2, -0.15) is 0 Å². The predicted octanol–water partition coefficient (Wildman–Crippen LogP) is 1.03. The minimum Gasteiger partial charge on any atom is -0.481 e. The molecule has 2 atom stereocenters. The number of aliphatic carboxylic acids is 1. The van der Waals surface area contributed by atoms with Gasteiger partial charge in [-0.1, -0.05) is 6.42 Å². The van der Waals surface area contributed by atoms with Crippen molar-refractivity contribution < 1.29 is 19.4 Å². The van der Waals surface area contributed by atoms with E-state index in [4.69, 9.17) is 9.84 Å². The van der Waals surface area contributed by atoms with Gasteiger partial charge in [-0.15, -0.1) is 0 Å². The van der Waals surface area contributed by atoms with Gasteiger partial charge in [0, 0.05) is 13.2 Å². The van der Waals surface area contributed by atoms with Crippen molar-refractivity contribution in [3.63, 3.8) is 0 Å². The van der Waals surface area contributed by atoms with Crippen molar-refractivity contribution in [1.29, 1.82) is 0 Å². The lowest BCUT2D eigenvalue weighted by atomic mass is 9.68. The Morgan fingerprint density at radius 1 is 1.41 bits per heavy atom. The molecule has 0 aromatic rings. The van der Waals surface area contributed by atoms with Gasteiger partial charge in [-0.05, 0) is 26.7 Å². The van der Waals surface area contributed by atoms with E-state index < -0.39 is 17.3 Å². The van der Waals surface area contributed by atoms with E-state index >= 15 is 0 Å². The van der Waals surface area contributed by atoms with Gasteiger partial charge < -0.3 is 15.2 Å². The molecule has 98 valence electrons. The second kappa shape index (κ2) is 5.49. The zero-order valence-corrected chi connectivity index (χ0v) is 10.7. The van der Waals surface area contributed by atoms with Crippen LogP contribution >= 0.6 is 0 Å². The molecule has 1 aliphatic carbocycles. The first-order chi connectivity index (χ1) is 7.93. The van der Waals surface area contributed by atoms with E-state index in [1.165, 1.54) is 0 Å². The Bertz CT molecular complexity index is 299. The lowest BCUT2D eigenvalue weighted by molar-refractivity contribution is -0.144. The van der Waals surface area contributed by atoms with Gasteiger partial charge >= 0.3 is 5.97 Å². The first-order valence-electron chi connectivity index (χ1n) is 5.95. The number of carboxylic acid groups (broad SMARTS) is 1. The molecule has 0 aromatic heterocycles. The molecular weight excluding hydrogens is 222 g/mol. The fourth-order valence-electron chi connectivity index (χ4n) is 2.02. The smallest absolute Gasteiger partial charge is 0.308 e. The molecular formula is C12H21NO4. The quantitative estimate of drug-likeness (QED) is 0.730. The van der Waals surface area contributed by atoms with Gasteiger partial charge in [0.25, 0.3) is 0 Å². The fourth-order valence-corrected chi connectivity index (χ4v) is 2.02. The summed E-state index contributed by atoms with van der Waals surface area (Å²) in [5, 5.41) is 11.7. The SMILES string of the molecule is COCC1(C(=O)NC(C)C(C)C(=O)O)CCC1. The summed E-state index contributed by atoms with van der Waals surface area (Å²) in [7, 11) is 1.58. The van der Waals surface area contributed by atoms with E-state index in [2.05, 4.69) is 5.32 Å². The minimum atomic E-state index is -0.896. The molecule has 0 aromatic carbocycles. The summed E-state index contributed by atoms with van der Waals surface area (Å²) >= 11 is 0. The molecule has 0 spiro atoms. The van der Waals surface area contributed by atoms with Crippen LogP contribution in [-0.4, -0.2) is 36.7 Å². The summed E-state index contributed by atoms with van der Waals surface area (Å²) in [4.78, 5) is 22.9. The van der Waals surface area contributed by atoms with Crippen molar-refractivity contribution in [2.75, 3.05) is 13.7 Å². The van der Waals surface area contributed by atoms with E-state index in [1.54, 1.807) is 21.0 Å². The summed E-state index contributed by atoms with van der Waals surface area (Å²) in [5.74, 6) is -1.56. The lowest BCUT2D eigenvalue weighted by Gasteiger charge is -2.40. The lowest BCUT2D eigenvalue weighted by Crippen LogP contribution is -2.52. The number of carboxylic acids is 1. The summed E-state index contributed by atoms with van der Waals surface area (Å²) in [6, 6.07) is -0.366. The molecule has 0 aliphatic heterocycles. The van der Waals surface area contributed by atoms with Crippen molar-refractivity contribution in [3.05, 3.63) is 0 Å². The first-order valence-corrected chi connectivity index (χ1v) is 5.95. The molecule has 0 saturated heterocycles. The van der Waals surface area contributed by atoms with Crippen molar-refractivity contribution in [1.82, 2.24) is 5.32 Å². The molecule has 0 bridgehead atoms. The molecule has 2 N–H and O–H groups in total. The predicted molar refractivity (Wildman–Crippen MR) is 62.6 cm³/mol. The van der Waals surface area contributed by atoms with Gasteiger partial charge in [0.1, 0.15) is 0 Å². The maximum atomic E-state index is 12.1. The molecule has 1 amide bonds. The Labute approximate surface area is 102 Å². The van der Waals surface area contributed by atoms with Crippen LogP contribution in [-0.2, 0) is 14.3 Å². The maximum absolute atomic E-state index is 12.1. The van der Waals surface area contributed by atoms with Crippen LogP contribution < -0.4 is 5.32 Å². The zero-order valence-electron chi connectivity index (χ0n) is 10.7. The van der Waals surface area contributed by atoms with Crippen LogP contribution in [0.15, 0.2) is 0 Å². The number of rotatable bonds is 6. The third-order valence-electron chi connectivity index (χ3n) is 3.71. The van der Waals surface area contributed by atoms with Gasteiger partial charge in [-0.3, -0.25) is 9.59 Å². The van der Waals surface area contributed by atoms with Gasteiger partial charge in [0.05, 0.1) is 17.9 Å². The Morgan fingerprint density at radius 2 is 2.00 bits per heavy atom. The number of methoxy groups -OCH3 is 1. The molecule has 5 heteroatoms. The molecule has 1 fully saturated rings. The average molecular weight is 243 g/mol. The van der Waals surface area contributed by atoms with Gasteiger partial charge in [0.15, 0.2) is 0 Å². The van der Waals surface area contributed by atoms with Crippen LogP contribution in [0.5, 0.6) is 0 Å². The van der Waals surface area contributed by atoms with Crippen LogP contribution in [0.4, 0.5) is 0 Å². The Morgan fingerprint density at radius 3 is 2.35 bits per heavy atom. The second-order valence-electron chi connectivity index (χ2n) is 4.96. The molecule has 17 heavy (non-hydrogen) atoms. The van der Waals surface area contributed by atoms with Gasteiger partial charge in [0.2, 0.25) is 5.91 Å². The molecule has 0 heterocycles. The van der Waals surface area contributed by atoms with Crippen molar-refractivity contribution in [3.8, 4) is 0 Å². The summed E-state index contributed by atoms with van der Waals surface area (Å²) in [6.45, 7) is 3.72. The fraction of sp³-hybridized carbons (Fsp3) is 0.833. The molecule has 1 rings (SSSR count). The van der Waals surface area contributed by atoms with E-state index in [0.29, 0.717) is 6.61 Å². The molecule has 0 radical (unpaired) electrons.